The van der Waals surface area contributed by atoms with E-state index in [4.69, 9.17) is 0 Å². The average Bonchev–Trinajstić information content (AvgIpc) is 2.55. The van der Waals surface area contributed by atoms with Gasteiger partial charge in [0.05, 0.1) is 9.82 Å². The number of carboxylic acids is 1. The molecule has 0 bridgehead atoms. The van der Waals surface area contributed by atoms with E-state index in [2.05, 4.69) is 4.72 Å². The Bertz CT molecular complexity index is 834. The van der Waals surface area contributed by atoms with E-state index in [0.29, 0.717) is 5.56 Å². The van der Waals surface area contributed by atoms with Crippen LogP contribution in [0.15, 0.2) is 59.5 Å². The lowest BCUT2D eigenvalue weighted by Crippen LogP contribution is -2.42. The van der Waals surface area contributed by atoms with E-state index in [1.165, 1.54) is 0 Å². The Balaban J connectivity index is 2.21. The first-order valence-corrected chi connectivity index (χ1v) is 8.31. The third-order valence-electron chi connectivity index (χ3n) is 3.24. The van der Waals surface area contributed by atoms with Crippen molar-refractivity contribution in [3.8, 4) is 0 Å². The number of aliphatic carboxylic acids is 1. The van der Waals surface area contributed by atoms with Crippen LogP contribution in [0, 0.1) is 10.1 Å². The smallest absolute Gasteiger partial charge is 0.322 e. The third-order valence-corrected chi connectivity index (χ3v) is 4.72. The van der Waals surface area contributed by atoms with Gasteiger partial charge in [-0.25, -0.2) is 8.42 Å². The zero-order valence-electron chi connectivity index (χ0n) is 12.3. The Morgan fingerprint density at radius 3 is 2.21 bits per heavy atom. The largest absolute Gasteiger partial charge is 0.480 e. The highest BCUT2D eigenvalue weighted by molar-refractivity contribution is 7.89. The lowest BCUT2D eigenvalue weighted by molar-refractivity contribution is -0.384. The van der Waals surface area contributed by atoms with Gasteiger partial charge in [0, 0.05) is 12.1 Å². The molecular formula is C15H14N2O6S. The molecule has 1 atom stereocenters. The van der Waals surface area contributed by atoms with Crippen molar-refractivity contribution >= 4 is 21.7 Å². The summed E-state index contributed by atoms with van der Waals surface area (Å²) in [5.41, 5.74) is 0.407. The quantitative estimate of drug-likeness (QED) is 0.576. The van der Waals surface area contributed by atoms with Crippen molar-refractivity contribution in [2.75, 3.05) is 0 Å². The first-order chi connectivity index (χ1) is 11.3. The second-order valence-electron chi connectivity index (χ2n) is 4.95. The standard InChI is InChI=1S/C15H14N2O6S/c18-15(19)14(10-11-4-2-1-3-5-11)16-24(22,23)13-8-6-12(7-9-13)17(20)21/h1-9,14,16H,10H2,(H,18,19)/t14-/m0/s1. The topological polar surface area (TPSA) is 127 Å². The summed E-state index contributed by atoms with van der Waals surface area (Å²) in [5, 5.41) is 19.8. The number of sulfonamides is 1. The Morgan fingerprint density at radius 2 is 1.71 bits per heavy atom. The number of carboxylic acid groups (broad SMARTS) is 1. The molecule has 9 heteroatoms. The fourth-order valence-electron chi connectivity index (χ4n) is 2.03. The first-order valence-electron chi connectivity index (χ1n) is 6.83. The maximum absolute atomic E-state index is 12.3. The Kier molecular flexibility index (Phi) is 5.27. The number of nitrogens with zero attached hydrogens (tertiary/aromatic N) is 1. The Morgan fingerprint density at radius 1 is 1.12 bits per heavy atom. The maximum atomic E-state index is 12.3. The molecular weight excluding hydrogens is 336 g/mol. The predicted molar refractivity (Wildman–Crippen MR) is 85.0 cm³/mol. The van der Waals surface area contributed by atoms with Crippen LogP contribution in [0.4, 0.5) is 5.69 Å². The van der Waals surface area contributed by atoms with E-state index in [0.717, 1.165) is 24.3 Å². The third kappa shape index (κ3) is 4.37. The molecule has 2 aromatic carbocycles. The molecule has 0 radical (unpaired) electrons. The highest BCUT2D eigenvalue weighted by atomic mass is 32.2. The van der Waals surface area contributed by atoms with Crippen LogP contribution in [0.5, 0.6) is 0 Å². The summed E-state index contributed by atoms with van der Waals surface area (Å²) in [7, 11) is -4.12. The SMILES string of the molecule is O=C(O)[C@H](Cc1ccccc1)NS(=O)(=O)c1ccc([N+](=O)[O-])cc1. The summed E-state index contributed by atoms with van der Waals surface area (Å²) in [6.45, 7) is 0. The van der Waals surface area contributed by atoms with Crippen LogP contribution in [0.1, 0.15) is 5.56 Å². The van der Waals surface area contributed by atoms with Gasteiger partial charge in [0.25, 0.3) is 5.69 Å². The van der Waals surface area contributed by atoms with Crippen LogP contribution in [0.25, 0.3) is 0 Å². The average molecular weight is 350 g/mol. The van der Waals surface area contributed by atoms with Crippen LogP contribution in [0.3, 0.4) is 0 Å². The number of nitrogens with one attached hydrogen (secondary N) is 1. The van der Waals surface area contributed by atoms with Gasteiger partial charge in [-0.1, -0.05) is 30.3 Å². The minimum Gasteiger partial charge on any atom is -0.480 e. The number of rotatable bonds is 7. The van der Waals surface area contributed by atoms with E-state index >= 15 is 0 Å². The molecule has 0 aliphatic heterocycles. The number of nitro benzene ring substituents is 1. The van der Waals surface area contributed by atoms with Crippen LogP contribution >= 0.6 is 0 Å². The van der Waals surface area contributed by atoms with Gasteiger partial charge in [-0.3, -0.25) is 14.9 Å². The van der Waals surface area contributed by atoms with Crippen molar-refractivity contribution in [1.29, 1.82) is 0 Å². The fraction of sp³-hybridized carbons (Fsp3) is 0.133. The van der Waals surface area contributed by atoms with Crippen molar-refractivity contribution in [3.05, 3.63) is 70.3 Å². The molecule has 0 unspecified atom stereocenters. The zero-order valence-corrected chi connectivity index (χ0v) is 13.1. The number of nitro groups is 1. The van der Waals surface area contributed by atoms with Gasteiger partial charge in [0.15, 0.2) is 0 Å². The summed E-state index contributed by atoms with van der Waals surface area (Å²) in [4.78, 5) is 21.0. The summed E-state index contributed by atoms with van der Waals surface area (Å²) >= 11 is 0. The number of hydrogen-bond acceptors (Lipinski definition) is 5. The zero-order chi connectivity index (χ0) is 17.7. The second kappa shape index (κ2) is 7.20. The van der Waals surface area contributed by atoms with Gasteiger partial charge in [-0.2, -0.15) is 4.72 Å². The van der Waals surface area contributed by atoms with Gasteiger partial charge in [-0.15, -0.1) is 0 Å². The maximum Gasteiger partial charge on any atom is 0.322 e. The molecule has 0 saturated carbocycles. The van der Waals surface area contributed by atoms with Gasteiger partial charge in [0.2, 0.25) is 10.0 Å². The van der Waals surface area contributed by atoms with Crippen molar-refractivity contribution in [3.63, 3.8) is 0 Å². The van der Waals surface area contributed by atoms with Gasteiger partial charge in [0.1, 0.15) is 6.04 Å². The van der Waals surface area contributed by atoms with Crippen molar-refractivity contribution < 1.29 is 23.2 Å². The Labute approximate surface area is 138 Å². The van der Waals surface area contributed by atoms with Crippen molar-refractivity contribution in [2.45, 2.75) is 17.4 Å². The molecule has 0 aromatic heterocycles. The molecule has 0 saturated heterocycles. The lowest BCUT2D eigenvalue weighted by atomic mass is 10.1. The summed E-state index contributed by atoms with van der Waals surface area (Å²) in [5.74, 6) is -1.32. The molecule has 0 fully saturated rings. The highest BCUT2D eigenvalue weighted by Gasteiger charge is 2.26. The molecule has 2 aromatic rings. The normalized spacial score (nSPS) is 12.5. The Hall–Kier alpha value is -2.78. The van der Waals surface area contributed by atoms with Gasteiger partial charge < -0.3 is 5.11 Å². The van der Waals surface area contributed by atoms with Crippen molar-refractivity contribution in [1.82, 2.24) is 4.72 Å². The van der Waals surface area contributed by atoms with E-state index in [1.54, 1.807) is 30.3 Å². The van der Waals surface area contributed by atoms with Gasteiger partial charge in [-0.05, 0) is 24.1 Å². The minimum atomic E-state index is -4.12. The van der Waals surface area contributed by atoms with Crippen LogP contribution in [-0.2, 0) is 21.2 Å². The van der Waals surface area contributed by atoms with Crippen LogP contribution < -0.4 is 4.72 Å². The molecule has 0 aliphatic carbocycles. The van der Waals surface area contributed by atoms with E-state index in [1.807, 2.05) is 0 Å². The summed E-state index contributed by atoms with van der Waals surface area (Å²) in [6.07, 6.45) is -0.0254. The molecule has 24 heavy (non-hydrogen) atoms. The van der Waals surface area contributed by atoms with Gasteiger partial charge >= 0.3 is 5.97 Å². The molecule has 126 valence electrons. The fourth-order valence-corrected chi connectivity index (χ4v) is 3.22. The monoisotopic (exact) mass is 350 g/mol. The second-order valence-corrected chi connectivity index (χ2v) is 6.67. The molecule has 0 heterocycles. The van der Waals surface area contributed by atoms with E-state index in [9.17, 15) is 28.4 Å². The molecule has 2 N–H and O–H groups in total. The van der Waals surface area contributed by atoms with E-state index < -0.39 is 27.0 Å². The minimum absolute atomic E-state index is 0.0254. The first kappa shape index (κ1) is 17.6. The number of non-ortho nitro benzene ring substituents is 1. The van der Waals surface area contributed by atoms with Crippen molar-refractivity contribution in [2.24, 2.45) is 0 Å². The summed E-state index contributed by atoms with van der Waals surface area (Å²) in [6, 6.07) is 11.4. The predicted octanol–water partition coefficient (Wildman–Crippen LogP) is 1.57. The molecule has 0 spiro atoms. The summed E-state index contributed by atoms with van der Waals surface area (Å²) < 4.78 is 26.7. The van der Waals surface area contributed by atoms with Crippen LogP contribution in [-0.4, -0.2) is 30.5 Å². The number of benzene rings is 2. The number of hydrogen-bond donors (Lipinski definition) is 2. The van der Waals surface area contributed by atoms with Crippen LogP contribution in [0.2, 0.25) is 0 Å². The molecule has 2 rings (SSSR count). The molecule has 8 nitrogen and oxygen atoms in total. The lowest BCUT2D eigenvalue weighted by Gasteiger charge is -2.15. The number of carbonyl (C=O) groups is 1. The highest BCUT2D eigenvalue weighted by Crippen LogP contribution is 2.16. The molecule has 0 amide bonds. The molecule has 0 aliphatic rings. The van der Waals surface area contributed by atoms with E-state index in [-0.39, 0.29) is 17.0 Å².